The predicted octanol–water partition coefficient (Wildman–Crippen LogP) is 2.28. The Morgan fingerprint density at radius 2 is 2.00 bits per heavy atom. The number of Topliss-reactive ketones (excluding diaryl/α,β-unsaturated/α-hetero) is 1. The molecule has 1 aliphatic rings. The van der Waals surface area contributed by atoms with E-state index >= 15 is 0 Å². The number of benzene rings is 1. The zero-order valence-electron chi connectivity index (χ0n) is 11.5. The van der Waals surface area contributed by atoms with Gasteiger partial charge in [0.1, 0.15) is 5.75 Å². The summed E-state index contributed by atoms with van der Waals surface area (Å²) < 4.78 is 5.26. The van der Waals surface area contributed by atoms with Gasteiger partial charge in [0.25, 0.3) is 5.91 Å². The lowest BCUT2D eigenvalue weighted by Crippen LogP contribution is -2.32. The van der Waals surface area contributed by atoms with Gasteiger partial charge in [-0.3, -0.25) is 9.59 Å². The van der Waals surface area contributed by atoms with Crippen LogP contribution >= 0.6 is 0 Å². The summed E-state index contributed by atoms with van der Waals surface area (Å²) in [5, 5.41) is 2.71. The molecule has 0 bridgehead atoms. The molecule has 102 valence electrons. The average Bonchev–Trinajstić information content (AvgIpc) is 3.20. The predicted molar refractivity (Wildman–Crippen MR) is 72.6 cm³/mol. The minimum absolute atomic E-state index is 0.194. The lowest BCUT2D eigenvalue weighted by molar-refractivity contribution is -0.117. The normalized spacial score (nSPS) is 14.3. The Kier molecular flexibility index (Phi) is 3.88. The molecule has 4 heteroatoms. The molecule has 0 unspecified atom stereocenters. The van der Waals surface area contributed by atoms with E-state index in [2.05, 4.69) is 5.32 Å². The number of nitrogens with one attached hydrogen (secondary N) is 1. The standard InChI is InChI=1S/C15H19NO3/c1-9(2)12-8-10(4-7-13(12)19-3)14(17)15(18)16-11-5-6-11/h4,7-9,11H,5-6H2,1-3H3,(H,16,18). The Balaban J connectivity index is 2.21. The maximum atomic E-state index is 12.0. The third-order valence-corrected chi connectivity index (χ3v) is 3.23. The van der Waals surface area contributed by atoms with Gasteiger partial charge in [-0.2, -0.15) is 0 Å². The third-order valence-electron chi connectivity index (χ3n) is 3.23. The Morgan fingerprint density at radius 3 is 2.53 bits per heavy atom. The highest BCUT2D eigenvalue weighted by Crippen LogP contribution is 2.27. The van der Waals surface area contributed by atoms with Crippen LogP contribution in [-0.4, -0.2) is 24.8 Å². The van der Waals surface area contributed by atoms with Gasteiger partial charge in [0, 0.05) is 11.6 Å². The average molecular weight is 261 g/mol. The summed E-state index contributed by atoms with van der Waals surface area (Å²) >= 11 is 0. The van der Waals surface area contributed by atoms with Gasteiger partial charge in [0.2, 0.25) is 5.78 Å². The van der Waals surface area contributed by atoms with Gasteiger partial charge in [-0.1, -0.05) is 13.8 Å². The van der Waals surface area contributed by atoms with Gasteiger partial charge in [0.05, 0.1) is 7.11 Å². The molecule has 1 amide bonds. The van der Waals surface area contributed by atoms with Crippen molar-refractivity contribution in [2.75, 3.05) is 7.11 Å². The van der Waals surface area contributed by atoms with Crippen LogP contribution in [0.1, 0.15) is 48.5 Å². The Bertz CT molecular complexity index is 504. The first kappa shape index (κ1) is 13.6. The minimum Gasteiger partial charge on any atom is -0.496 e. The molecule has 1 aromatic rings. The first-order valence-electron chi connectivity index (χ1n) is 6.56. The lowest BCUT2D eigenvalue weighted by atomic mass is 9.98. The van der Waals surface area contributed by atoms with Gasteiger partial charge in [-0.15, -0.1) is 0 Å². The Morgan fingerprint density at radius 1 is 1.32 bits per heavy atom. The molecule has 0 spiro atoms. The summed E-state index contributed by atoms with van der Waals surface area (Å²) in [6.07, 6.45) is 1.94. The van der Waals surface area contributed by atoms with Crippen LogP contribution in [0.2, 0.25) is 0 Å². The summed E-state index contributed by atoms with van der Waals surface area (Å²) in [6, 6.07) is 5.32. The number of hydrogen-bond donors (Lipinski definition) is 1. The number of hydrogen-bond acceptors (Lipinski definition) is 3. The summed E-state index contributed by atoms with van der Waals surface area (Å²) in [6.45, 7) is 4.05. The number of ether oxygens (including phenoxy) is 1. The summed E-state index contributed by atoms with van der Waals surface area (Å²) in [5.41, 5.74) is 1.36. The van der Waals surface area contributed by atoms with Gasteiger partial charge in [0.15, 0.2) is 0 Å². The van der Waals surface area contributed by atoms with E-state index < -0.39 is 11.7 Å². The Hall–Kier alpha value is -1.84. The molecular formula is C15H19NO3. The van der Waals surface area contributed by atoms with Crippen molar-refractivity contribution in [2.45, 2.75) is 38.6 Å². The van der Waals surface area contributed by atoms with Crippen molar-refractivity contribution in [3.8, 4) is 5.75 Å². The van der Waals surface area contributed by atoms with Crippen LogP contribution in [0.3, 0.4) is 0 Å². The second-order valence-corrected chi connectivity index (χ2v) is 5.19. The van der Waals surface area contributed by atoms with Crippen molar-refractivity contribution in [3.05, 3.63) is 29.3 Å². The molecule has 2 rings (SSSR count). The summed E-state index contributed by atoms with van der Waals surface area (Å²) in [5.74, 6) is -0.0119. The maximum Gasteiger partial charge on any atom is 0.292 e. The van der Waals surface area contributed by atoms with Crippen LogP contribution < -0.4 is 10.1 Å². The number of ketones is 1. The van der Waals surface area contributed by atoms with Crippen molar-refractivity contribution in [1.82, 2.24) is 5.32 Å². The lowest BCUT2D eigenvalue weighted by Gasteiger charge is -2.13. The van der Waals surface area contributed by atoms with Crippen LogP contribution in [0.5, 0.6) is 5.75 Å². The molecule has 1 saturated carbocycles. The molecule has 1 fully saturated rings. The number of carbonyl (C=O) groups excluding carboxylic acids is 2. The monoisotopic (exact) mass is 261 g/mol. The molecule has 1 aliphatic carbocycles. The van der Waals surface area contributed by atoms with Gasteiger partial charge >= 0.3 is 0 Å². The fourth-order valence-corrected chi connectivity index (χ4v) is 1.94. The van der Waals surface area contributed by atoms with Crippen molar-refractivity contribution in [3.63, 3.8) is 0 Å². The second-order valence-electron chi connectivity index (χ2n) is 5.19. The van der Waals surface area contributed by atoms with E-state index in [1.165, 1.54) is 0 Å². The second kappa shape index (κ2) is 5.43. The Labute approximate surface area is 113 Å². The van der Waals surface area contributed by atoms with E-state index in [1.54, 1.807) is 25.3 Å². The first-order chi connectivity index (χ1) is 9.02. The van der Waals surface area contributed by atoms with E-state index in [0.29, 0.717) is 5.56 Å². The fraction of sp³-hybridized carbons (Fsp3) is 0.467. The third kappa shape index (κ3) is 3.13. The van der Waals surface area contributed by atoms with E-state index in [1.807, 2.05) is 13.8 Å². The first-order valence-corrected chi connectivity index (χ1v) is 6.56. The van der Waals surface area contributed by atoms with Gasteiger partial charge in [-0.25, -0.2) is 0 Å². The van der Waals surface area contributed by atoms with Crippen molar-refractivity contribution >= 4 is 11.7 Å². The number of methoxy groups -OCH3 is 1. The zero-order chi connectivity index (χ0) is 14.0. The number of carbonyl (C=O) groups is 2. The van der Waals surface area contributed by atoms with E-state index in [0.717, 1.165) is 24.2 Å². The van der Waals surface area contributed by atoms with Crippen LogP contribution in [0.4, 0.5) is 0 Å². The van der Waals surface area contributed by atoms with Crippen LogP contribution in [0.25, 0.3) is 0 Å². The SMILES string of the molecule is COc1ccc(C(=O)C(=O)NC2CC2)cc1C(C)C. The van der Waals surface area contributed by atoms with E-state index in [9.17, 15) is 9.59 Å². The van der Waals surface area contributed by atoms with Crippen LogP contribution in [0, 0.1) is 0 Å². The highest BCUT2D eigenvalue weighted by atomic mass is 16.5. The molecule has 1 aromatic carbocycles. The summed E-state index contributed by atoms with van der Waals surface area (Å²) in [7, 11) is 1.60. The highest BCUT2D eigenvalue weighted by Gasteiger charge is 2.27. The minimum atomic E-state index is -0.512. The molecule has 0 atom stereocenters. The molecule has 0 aliphatic heterocycles. The van der Waals surface area contributed by atoms with E-state index in [-0.39, 0.29) is 12.0 Å². The molecular weight excluding hydrogens is 242 g/mol. The molecule has 0 saturated heterocycles. The van der Waals surface area contributed by atoms with Crippen LogP contribution in [-0.2, 0) is 4.79 Å². The molecule has 0 aromatic heterocycles. The van der Waals surface area contributed by atoms with Crippen molar-refractivity contribution < 1.29 is 14.3 Å². The quantitative estimate of drug-likeness (QED) is 0.653. The largest absolute Gasteiger partial charge is 0.496 e. The molecule has 1 N–H and O–H groups in total. The molecule has 4 nitrogen and oxygen atoms in total. The van der Waals surface area contributed by atoms with Gasteiger partial charge < -0.3 is 10.1 Å². The number of rotatable bonds is 5. The zero-order valence-corrected chi connectivity index (χ0v) is 11.5. The van der Waals surface area contributed by atoms with Crippen molar-refractivity contribution in [2.24, 2.45) is 0 Å². The molecule has 0 heterocycles. The molecule has 19 heavy (non-hydrogen) atoms. The van der Waals surface area contributed by atoms with E-state index in [4.69, 9.17) is 4.74 Å². The number of amides is 1. The molecule has 0 radical (unpaired) electrons. The fourth-order valence-electron chi connectivity index (χ4n) is 1.94. The van der Waals surface area contributed by atoms with Gasteiger partial charge in [-0.05, 0) is 42.5 Å². The summed E-state index contributed by atoms with van der Waals surface area (Å²) in [4.78, 5) is 23.8. The van der Waals surface area contributed by atoms with Crippen molar-refractivity contribution in [1.29, 1.82) is 0 Å². The topological polar surface area (TPSA) is 55.4 Å². The highest BCUT2D eigenvalue weighted by molar-refractivity contribution is 6.42. The maximum absolute atomic E-state index is 12.0. The van der Waals surface area contributed by atoms with Crippen LogP contribution in [0.15, 0.2) is 18.2 Å². The smallest absolute Gasteiger partial charge is 0.292 e.